The average Bonchev–Trinajstić information content (AvgIpc) is 1.84. The van der Waals surface area contributed by atoms with Crippen LogP contribution in [0.5, 0.6) is 0 Å². The Morgan fingerprint density at radius 1 is 1.42 bits per heavy atom. The Bertz CT molecular complexity index is 179. The smallest absolute Gasteiger partial charge is 0.333 e. The number of likely N-dealkylation sites (N-methyl/N-ethyl adjacent to an activating group) is 1. The first kappa shape index (κ1) is 13.8. The summed E-state index contributed by atoms with van der Waals surface area (Å²) < 4.78 is 0. The summed E-state index contributed by atoms with van der Waals surface area (Å²) in [7, 11) is 2.97. The maximum Gasteiger partial charge on any atom is 0.333 e. The van der Waals surface area contributed by atoms with Crippen LogP contribution in [-0.2, 0) is 9.59 Å². The molecule has 0 unspecified atom stereocenters. The fraction of sp³-hybridized carbons (Fsp3) is 0.667. The van der Waals surface area contributed by atoms with Crippen LogP contribution < -0.4 is 5.73 Å². The van der Waals surface area contributed by atoms with Crippen molar-refractivity contribution in [1.82, 2.24) is 4.90 Å². The lowest BCUT2D eigenvalue weighted by atomic mass is 10.0. The van der Waals surface area contributed by atoms with E-state index >= 15 is 0 Å². The molecule has 3 N–H and O–H groups in total. The molecule has 0 rings (SSSR count). The van der Waals surface area contributed by atoms with Crippen molar-refractivity contribution in [1.29, 1.82) is 0 Å². The van der Waals surface area contributed by atoms with Gasteiger partial charge >= 0.3 is 5.97 Å². The van der Waals surface area contributed by atoms with Crippen molar-refractivity contribution < 1.29 is 14.7 Å². The first-order chi connectivity index (χ1) is 4.83. The summed E-state index contributed by atoms with van der Waals surface area (Å²) in [6.07, 6.45) is 0. The SMILES string of the molecule is CN(C)[C@](C)(C(N)=O)C(=O)O.Cl. The normalized spacial score (nSPS) is 14.7. The molecule has 0 saturated carbocycles. The van der Waals surface area contributed by atoms with E-state index in [4.69, 9.17) is 10.8 Å². The zero-order valence-corrected chi connectivity index (χ0v) is 8.01. The topological polar surface area (TPSA) is 83.6 Å². The van der Waals surface area contributed by atoms with E-state index in [1.807, 2.05) is 0 Å². The number of carbonyl (C=O) groups is 2. The molecule has 0 aromatic carbocycles. The van der Waals surface area contributed by atoms with Gasteiger partial charge in [0.25, 0.3) is 0 Å². The highest BCUT2D eigenvalue weighted by atomic mass is 35.5. The fourth-order valence-electron chi connectivity index (χ4n) is 0.517. The molecule has 1 amide bonds. The second kappa shape index (κ2) is 4.27. The molecule has 0 fully saturated rings. The van der Waals surface area contributed by atoms with Crippen LogP contribution in [-0.4, -0.2) is 41.5 Å². The van der Waals surface area contributed by atoms with Gasteiger partial charge in [0.15, 0.2) is 5.54 Å². The van der Waals surface area contributed by atoms with Crippen molar-refractivity contribution in [3.05, 3.63) is 0 Å². The Morgan fingerprint density at radius 3 is 1.75 bits per heavy atom. The Hall–Kier alpha value is -0.810. The number of primary amides is 1. The van der Waals surface area contributed by atoms with Crippen LogP contribution >= 0.6 is 12.4 Å². The van der Waals surface area contributed by atoms with Gasteiger partial charge in [-0.15, -0.1) is 12.4 Å². The van der Waals surface area contributed by atoms with Gasteiger partial charge < -0.3 is 10.8 Å². The maximum atomic E-state index is 10.7. The molecule has 0 aliphatic heterocycles. The number of hydrogen-bond donors (Lipinski definition) is 2. The minimum Gasteiger partial charge on any atom is -0.479 e. The number of nitrogens with two attached hydrogens (primary N) is 1. The highest BCUT2D eigenvalue weighted by molar-refractivity contribution is 6.05. The number of carbonyl (C=O) groups excluding carboxylic acids is 1. The Morgan fingerprint density at radius 2 is 1.75 bits per heavy atom. The number of carboxylic acid groups (broad SMARTS) is 1. The quantitative estimate of drug-likeness (QED) is 0.585. The standard InChI is InChI=1S/C6H12N2O3.ClH/c1-6(4(7)9,5(10)11)8(2)3;/h1-3H3,(H2,7,9)(H,10,11);1H/t6-;/m1./s1. The molecule has 1 atom stereocenters. The van der Waals surface area contributed by atoms with Crippen molar-refractivity contribution in [3.63, 3.8) is 0 Å². The van der Waals surface area contributed by atoms with E-state index in [-0.39, 0.29) is 12.4 Å². The summed E-state index contributed by atoms with van der Waals surface area (Å²) in [4.78, 5) is 22.5. The number of carboxylic acids is 1. The Labute approximate surface area is 76.9 Å². The summed E-state index contributed by atoms with van der Waals surface area (Å²) >= 11 is 0. The number of amides is 1. The molecule has 0 aliphatic rings. The van der Waals surface area contributed by atoms with Gasteiger partial charge in [-0.25, -0.2) is 4.79 Å². The third-order valence-electron chi connectivity index (χ3n) is 1.79. The molecule has 6 heteroatoms. The molecule has 72 valence electrons. The Kier molecular flexibility index (Phi) is 4.90. The van der Waals surface area contributed by atoms with Crippen LogP contribution in [0, 0.1) is 0 Å². The fourth-order valence-corrected chi connectivity index (χ4v) is 0.517. The van der Waals surface area contributed by atoms with E-state index in [0.717, 1.165) is 0 Å². The molecule has 12 heavy (non-hydrogen) atoms. The van der Waals surface area contributed by atoms with E-state index in [1.54, 1.807) is 0 Å². The third-order valence-corrected chi connectivity index (χ3v) is 1.79. The lowest BCUT2D eigenvalue weighted by molar-refractivity contribution is -0.154. The van der Waals surface area contributed by atoms with Crippen molar-refractivity contribution in [2.45, 2.75) is 12.5 Å². The van der Waals surface area contributed by atoms with Gasteiger partial charge in [-0.1, -0.05) is 0 Å². The molecular formula is C6H13ClN2O3. The largest absolute Gasteiger partial charge is 0.479 e. The number of nitrogens with zero attached hydrogens (tertiary/aromatic N) is 1. The van der Waals surface area contributed by atoms with Gasteiger partial charge in [0.05, 0.1) is 0 Å². The molecule has 0 aliphatic carbocycles. The molecule has 0 spiro atoms. The molecule has 0 heterocycles. The van der Waals surface area contributed by atoms with Crippen LogP contribution in [0.4, 0.5) is 0 Å². The maximum absolute atomic E-state index is 10.7. The van der Waals surface area contributed by atoms with E-state index in [9.17, 15) is 9.59 Å². The number of halogens is 1. The van der Waals surface area contributed by atoms with Gasteiger partial charge in [-0.2, -0.15) is 0 Å². The number of aliphatic carboxylic acids is 1. The highest BCUT2D eigenvalue weighted by Gasteiger charge is 2.41. The first-order valence-corrected chi connectivity index (χ1v) is 3.04. The second-order valence-electron chi connectivity index (χ2n) is 2.64. The van der Waals surface area contributed by atoms with Crippen LogP contribution in [0.3, 0.4) is 0 Å². The third kappa shape index (κ3) is 2.09. The van der Waals surface area contributed by atoms with E-state index in [2.05, 4.69) is 0 Å². The van der Waals surface area contributed by atoms with Crippen LogP contribution in [0.25, 0.3) is 0 Å². The summed E-state index contributed by atoms with van der Waals surface area (Å²) in [6, 6.07) is 0. The molecule has 0 aromatic rings. The van der Waals surface area contributed by atoms with Gasteiger partial charge in [0, 0.05) is 0 Å². The summed E-state index contributed by atoms with van der Waals surface area (Å²) in [5, 5.41) is 8.63. The molecular weight excluding hydrogens is 184 g/mol. The minimum atomic E-state index is -1.61. The molecule has 0 aromatic heterocycles. The predicted molar refractivity (Wildman–Crippen MR) is 46.2 cm³/mol. The van der Waals surface area contributed by atoms with Crippen molar-refractivity contribution >= 4 is 24.3 Å². The minimum absolute atomic E-state index is 0. The van der Waals surface area contributed by atoms with Crippen molar-refractivity contribution in [2.24, 2.45) is 5.73 Å². The van der Waals surface area contributed by atoms with Crippen molar-refractivity contribution in [3.8, 4) is 0 Å². The number of hydrogen-bond acceptors (Lipinski definition) is 3. The molecule has 5 nitrogen and oxygen atoms in total. The van der Waals surface area contributed by atoms with Gasteiger partial charge in [-0.3, -0.25) is 9.69 Å². The monoisotopic (exact) mass is 196 g/mol. The van der Waals surface area contributed by atoms with Crippen LogP contribution in [0.15, 0.2) is 0 Å². The summed E-state index contributed by atoms with van der Waals surface area (Å²) in [5.41, 5.74) is 3.30. The van der Waals surface area contributed by atoms with Crippen LogP contribution in [0.2, 0.25) is 0 Å². The zero-order chi connectivity index (χ0) is 9.23. The lowest BCUT2D eigenvalue weighted by Crippen LogP contribution is -2.57. The van der Waals surface area contributed by atoms with E-state index in [0.29, 0.717) is 0 Å². The van der Waals surface area contributed by atoms with Crippen molar-refractivity contribution in [2.75, 3.05) is 14.1 Å². The molecule has 0 bridgehead atoms. The highest BCUT2D eigenvalue weighted by Crippen LogP contribution is 2.09. The summed E-state index contributed by atoms with van der Waals surface area (Å²) in [6.45, 7) is 1.26. The predicted octanol–water partition coefficient (Wildman–Crippen LogP) is -0.702. The first-order valence-electron chi connectivity index (χ1n) is 3.04. The van der Waals surface area contributed by atoms with Gasteiger partial charge in [0.1, 0.15) is 0 Å². The lowest BCUT2D eigenvalue weighted by Gasteiger charge is -2.28. The average molecular weight is 197 g/mol. The molecule has 0 saturated heterocycles. The Balaban J connectivity index is 0. The molecule has 0 radical (unpaired) electrons. The van der Waals surface area contributed by atoms with E-state index in [1.165, 1.54) is 25.9 Å². The van der Waals surface area contributed by atoms with E-state index < -0.39 is 17.4 Å². The second-order valence-corrected chi connectivity index (χ2v) is 2.64. The zero-order valence-electron chi connectivity index (χ0n) is 7.20. The van der Waals surface area contributed by atoms with Gasteiger partial charge in [0.2, 0.25) is 5.91 Å². The summed E-state index contributed by atoms with van der Waals surface area (Å²) in [5.74, 6) is -2.11. The number of rotatable bonds is 3. The van der Waals surface area contributed by atoms with Gasteiger partial charge in [-0.05, 0) is 21.0 Å². The van der Waals surface area contributed by atoms with Crippen LogP contribution in [0.1, 0.15) is 6.92 Å².